The van der Waals surface area contributed by atoms with Gasteiger partial charge in [-0.15, -0.1) is 0 Å². The third kappa shape index (κ3) is 3.86. The number of carbonyl (C=O) groups excluding carboxylic acids is 1. The molecule has 3 heterocycles. The van der Waals surface area contributed by atoms with Crippen molar-refractivity contribution in [2.24, 2.45) is 11.8 Å². The van der Waals surface area contributed by atoms with E-state index in [1.165, 1.54) is 0 Å². The number of hydrogen-bond acceptors (Lipinski definition) is 5. The van der Waals surface area contributed by atoms with E-state index in [4.69, 9.17) is 9.47 Å². The van der Waals surface area contributed by atoms with Gasteiger partial charge in [-0.2, -0.15) is 0 Å². The van der Waals surface area contributed by atoms with Crippen LogP contribution in [0.3, 0.4) is 0 Å². The monoisotopic (exact) mass is 333 g/mol. The lowest BCUT2D eigenvalue weighted by Crippen LogP contribution is -2.67. The Labute approximate surface area is 143 Å². The van der Waals surface area contributed by atoms with Gasteiger partial charge in [0.15, 0.2) is 0 Å². The summed E-state index contributed by atoms with van der Waals surface area (Å²) in [4.78, 5) is 22.3. The van der Waals surface area contributed by atoms with Crippen molar-refractivity contribution in [3.05, 3.63) is 18.1 Å². The molecule has 0 aliphatic carbocycles. The Kier molecular flexibility index (Phi) is 5.04. The van der Waals surface area contributed by atoms with Gasteiger partial charge < -0.3 is 14.4 Å². The van der Waals surface area contributed by atoms with Crippen molar-refractivity contribution in [2.45, 2.75) is 45.6 Å². The normalized spacial score (nSPS) is 22.5. The number of hydrogen-bond donors (Lipinski definition) is 0. The van der Waals surface area contributed by atoms with Crippen LogP contribution in [0.25, 0.3) is 0 Å². The van der Waals surface area contributed by atoms with Crippen molar-refractivity contribution in [2.75, 3.05) is 26.3 Å². The minimum atomic E-state index is -0.114. The Morgan fingerprint density at radius 3 is 2.96 bits per heavy atom. The molecule has 1 aromatic rings. The number of amides is 1. The quantitative estimate of drug-likeness (QED) is 0.827. The Hall–Kier alpha value is -1.69. The van der Waals surface area contributed by atoms with Crippen molar-refractivity contribution in [3.8, 4) is 5.88 Å². The van der Waals surface area contributed by atoms with E-state index in [-0.39, 0.29) is 17.4 Å². The first-order valence-corrected chi connectivity index (χ1v) is 8.82. The average Bonchev–Trinajstić information content (AvgIpc) is 2.52. The van der Waals surface area contributed by atoms with Crippen LogP contribution in [0.2, 0.25) is 0 Å². The fourth-order valence-corrected chi connectivity index (χ4v) is 3.61. The first kappa shape index (κ1) is 17.1. The molecule has 3 rings (SSSR count). The molecule has 0 aromatic carbocycles. The van der Waals surface area contributed by atoms with E-state index in [0.29, 0.717) is 18.4 Å². The van der Waals surface area contributed by atoms with E-state index in [1.807, 2.05) is 25.7 Å². The highest BCUT2D eigenvalue weighted by atomic mass is 16.5. The van der Waals surface area contributed by atoms with Gasteiger partial charge in [-0.3, -0.25) is 9.78 Å². The number of aryl methyl sites for hydroxylation is 1. The molecule has 1 aromatic heterocycles. The van der Waals surface area contributed by atoms with Crippen LogP contribution in [0.5, 0.6) is 5.88 Å². The van der Waals surface area contributed by atoms with Gasteiger partial charge in [0, 0.05) is 18.7 Å². The minimum Gasteiger partial charge on any atom is -0.477 e. The van der Waals surface area contributed by atoms with Gasteiger partial charge in [-0.25, -0.2) is 4.98 Å². The number of likely N-dealkylation sites (tertiary alicyclic amines) is 1. The molecule has 0 radical (unpaired) electrons. The van der Waals surface area contributed by atoms with Crippen LogP contribution >= 0.6 is 0 Å². The zero-order valence-corrected chi connectivity index (χ0v) is 14.8. The summed E-state index contributed by atoms with van der Waals surface area (Å²) >= 11 is 0. The maximum absolute atomic E-state index is 12.0. The molecule has 24 heavy (non-hydrogen) atoms. The van der Waals surface area contributed by atoms with Crippen LogP contribution in [0.4, 0.5) is 0 Å². The van der Waals surface area contributed by atoms with E-state index < -0.39 is 0 Å². The topological polar surface area (TPSA) is 64.6 Å². The molecule has 2 aliphatic rings. The SMILES string of the molecule is Cc1cncc(OCCC2CCOC3(C2)CN(C(=O)C(C)C)C3)n1. The first-order valence-electron chi connectivity index (χ1n) is 8.82. The maximum Gasteiger partial charge on any atom is 0.232 e. The number of nitrogens with zero attached hydrogens (tertiary/aromatic N) is 3. The van der Waals surface area contributed by atoms with Gasteiger partial charge in [0.2, 0.25) is 11.8 Å². The van der Waals surface area contributed by atoms with Gasteiger partial charge in [0.1, 0.15) is 5.60 Å². The van der Waals surface area contributed by atoms with Gasteiger partial charge >= 0.3 is 0 Å². The molecule has 6 heteroatoms. The zero-order valence-electron chi connectivity index (χ0n) is 14.8. The summed E-state index contributed by atoms with van der Waals surface area (Å²) in [6.07, 6.45) is 6.43. The molecular weight excluding hydrogens is 306 g/mol. The van der Waals surface area contributed by atoms with Crippen LogP contribution in [-0.4, -0.2) is 52.7 Å². The Bertz CT molecular complexity index is 585. The lowest BCUT2D eigenvalue weighted by molar-refractivity contribution is -0.190. The summed E-state index contributed by atoms with van der Waals surface area (Å²) in [6.45, 7) is 8.71. The number of aromatic nitrogens is 2. The zero-order chi connectivity index (χ0) is 17.2. The average molecular weight is 333 g/mol. The first-order chi connectivity index (χ1) is 11.5. The van der Waals surface area contributed by atoms with E-state index in [0.717, 1.165) is 44.7 Å². The maximum atomic E-state index is 12.0. The van der Waals surface area contributed by atoms with Crippen molar-refractivity contribution in [1.82, 2.24) is 14.9 Å². The molecule has 132 valence electrons. The van der Waals surface area contributed by atoms with E-state index >= 15 is 0 Å². The predicted octanol–water partition coefficient (Wildman–Crippen LogP) is 2.22. The molecule has 2 saturated heterocycles. The summed E-state index contributed by atoms with van der Waals surface area (Å²) in [6, 6.07) is 0. The molecule has 1 unspecified atom stereocenters. The highest BCUT2D eigenvalue weighted by Gasteiger charge is 2.49. The standard InChI is InChI=1S/C18H27N3O3/c1-13(2)17(22)21-11-18(12-21)8-15(5-7-24-18)4-6-23-16-10-19-9-14(3)20-16/h9-10,13,15H,4-8,11-12H2,1-3H3. The van der Waals surface area contributed by atoms with Gasteiger partial charge in [-0.05, 0) is 32.1 Å². The lowest BCUT2D eigenvalue weighted by Gasteiger charge is -2.53. The highest BCUT2D eigenvalue weighted by molar-refractivity contribution is 5.79. The summed E-state index contributed by atoms with van der Waals surface area (Å²) in [5.41, 5.74) is 0.748. The second kappa shape index (κ2) is 7.05. The smallest absolute Gasteiger partial charge is 0.232 e. The fraction of sp³-hybridized carbons (Fsp3) is 0.722. The van der Waals surface area contributed by atoms with Crippen molar-refractivity contribution >= 4 is 5.91 Å². The predicted molar refractivity (Wildman–Crippen MR) is 89.7 cm³/mol. The fourth-order valence-electron chi connectivity index (χ4n) is 3.61. The van der Waals surface area contributed by atoms with Crippen molar-refractivity contribution in [3.63, 3.8) is 0 Å². The molecular formula is C18H27N3O3. The molecule has 0 bridgehead atoms. The second-order valence-corrected chi connectivity index (χ2v) is 7.38. The third-order valence-corrected chi connectivity index (χ3v) is 4.87. The van der Waals surface area contributed by atoms with Crippen molar-refractivity contribution in [1.29, 1.82) is 0 Å². The highest BCUT2D eigenvalue weighted by Crippen LogP contribution is 2.38. The summed E-state index contributed by atoms with van der Waals surface area (Å²) in [5, 5.41) is 0. The minimum absolute atomic E-state index is 0.0607. The van der Waals surface area contributed by atoms with Crippen molar-refractivity contribution < 1.29 is 14.3 Å². The van der Waals surface area contributed by atoms with Gasteiger partial charge in [0.25, 0.3) is 0 Å². The van der Waals surface area contributed by atoms with E-state index in [9.17, 15) is 4.79 Å². The molecule has 1 atom stereocenters. The molecule has 1 amide bonds. The number of rotatable bonds is 5. The molecule has 2 fully saturated rings. The summed E-state index contributed by atoms with van der Waals surface area (Å²) in [5.74, 6) is 1.46. The van der Waals surface area contributed by atoms with Gasteiger partial charge in [-0.1, -0.05) is 13.8 Å². The van der Waals surface area contributed by atoms with E-state index in [1.54, 1.807) is 12.4 Å². The Balaban J connectivity index is 1.44. The van der Waals surface area contributed by atoms with Crippen LogP contribution in [0.15, 0.2) is 12.4 Å². The Morgan fingerprint density at radius 2 is 2.25 bits per heavy atom. The van der Waals surface area contributed by atoms with E-state index in [2.05, 4.69) is 9.97 Å². The lowest BCUT2D eigenvalue weighted by atomic mass is 9.79. The molecule has 6 nitrogen and oxygen atoms in total. The molecule has 0 N–H and O–H groups in total. The molecule has 0 saturated carbocycles. The third-order valence-electron chi connectivity index (χ3n) is 4.87. The number of ether oxygens (including phenoxy) is 2. The second-order valence-electron chi connectivity index (χ2n) is 7.38. The van der Waals surface area contributed by atoms with Crippen LogP contribution in [-0.2, 0) is 9.53 Å². The largest absolute Gasteiger partial charge is 0.477 e. The molecule has 1 spiro atoms. The van der Waals surface area contributed by atoms with Crippen LogP contribution < -0.4 is 4.74 Å². The molecule has 2 aliphatic heterocycles. The van der Waals surface area contributed by atoms with Crippen LogP contribution in [0.1, 0.15) is 38.8 Å². The summed E-state index contributed by atoms with van der Waals surface area (Å²) < 4.78 is 11.7. The summed E-state index contributed by atoms with van der Waals surface area (Å²) in [7, 11) is 0. The number of carbonyl (C=O) groups is 1. The van der Waals surface area contributed by atoms with Crippen LogP contribution in [0, 0.1) is 18.8 Å². The van der Waals surface area contributed by atoms with Gasteiger partial charge in [0.05, 0.1) is 31.6 Å². The Morgan fingerprint density at radius 1 is 1.46 bits per heavy atom.